The van der Waals surface area contributed by atoms with E-state index in [4.69, 9.17) is 5.26 Å². The van der Waals surface area contributed by atoms with Gasteiger partial charge in [0, 0.05) is 18.3 Å². The zero-order chi connectivity index (χ0) is 23.8. The number of rotatable bonds is 5. The quantitative estimate of drug-likeness (QED) is 0.631. The van der Waals surface area contributed by atoms with Crippen LogP contribution in [0.5, 0.6) is 5.88 Å². The molecule has 1 saturated heterocycles. The minimum absolute atomic E-state index is 0.0367. The number of aromatic hydroxyl groups is 1. The van der Waals surface area contributed by atoms with E-state index in [1.54, 1.807) is 42.7 Å². The lowest BCUT2D eigenvalue weighted by Gasteiger charge is -2.37. The van der Waals surface area contributed by atoms with Gasteiger partial charge in [0.2, 0.25) is 5.88 Å². The Morgan fingerprint density at radius 1 is 1.09 bits per heavy atom. The molecular weight excluding hydrogens is 428 g/mol. The predicted molar refractivity (Wildman–Crippen MR) is 128 cm³/mol. The topological polar surface area (TPSA) is 98.3 Å². The highest BCUT2D eigenvalue weighted by Crippen LogP contribution is 2.34. The van der Waals surface area contributed by atoms with Gasteiger partial charge in [0.15, 0.2) is 5.82 Å². The van der Waals surface area contributed by atoms with Gasteiger partial charge in [0.25, 0.3) is 5.91 Å². The molecule has 0 radical (unpaired) electrons. The van der Waals surface area contributed by atoms with Gasteiger partial charge in [-0.25, -0.2) is 4.98 Å². The molecule has 1 aliphatic heterocycles. The number of carbonyl (C=O) groups is 1. The number of carbonyl (C=O) groups excluding carboxylic acids is 1. The Labute approximate surface area is 199 Å². The normalized spacial score (nSPS) is 16.9. The lowest BCUT2D eigenvalue weighted by Crippen LogP contribution is -2.47. The third-order valence-corrected chi connectivity index (χ3v) is 6.86. The molecule has 5 rings (SSSR count). The first-order chi connectivity index (χ1) is 16.5. The predicted octanol–water partition coefficient (Wildman–Crippen LogP) is 3.52. The van der Waals surface area contributed by atoms with E-state index in [1.165, 1.54) is 4.68 Å². The van der Waals surface area contributed by atoms with Crippen LogP contribution in [0.15, 0.2) is 42.7 Å². The fraction of sp³-hybridized carbons (Fsp3) is 0.385. The first-order valence-corrected chi connectivity index (χ1v) is 11.7. The Morgan fingerprint density at radius 3 is 2.44 bits per heavy atom. The SMILES string of the molecule is Cc1cc(C#N)ccc1-c1cnn(-c2ccc(C(=O)N(C3CC3)C3CCN(C)CC3)cn2)c1O. The Bertz CT molecular complexity index is 1250. The monoisotopic (exact) mass is 456 g/mol. The molecule has 1 aromatic carbocycles. The molecule has 2 aliphatic rings. The second-order valence-corrected chi connectivity index (χ2v) is 9.32. The number of pyridine rings is 1. The lowest BCUT2D eigenvalue weighted by molar-refractivity contribution is 0.0569. The van der Waals surface area contributed by atoms with Crippen molar-refractivity contribution in [3.8, 4) is 28.9 Å². The van der Waals surface area contributed by atoms with Crippen LogP contribution in [0.1, 0.15) is 47.2 Å². The summed E-state index contributed by atoms with van der Waals surface area (Å²) in [6, 6.07) is 11.5. The number of aryl methyl sites for hydroxylation is 1. The van der Waals surface area contributed by atoms with E-state index in [0.717, 1.165) is 49.9 Å². The lowest BCUT2D eigenvalue weighted by atomic mass is 10.0. The molecule has 3 aromatic rings. The fourth-order valence-electron chi connectivity index (χ4n) is 4.78. The highest BCUT2D eigenvalue weighted by Gasteiger charge is 2.38. The number of amides is 1. The summed E-state index contributed by atoms with van der Waals surface area (Å²) in [6.45, 7) is 3.91. The van der Waals surface area contributed by atoms with Crippen molar-refractivity contribution in [2.24, 2.45) is 0 Å². The first kappa shape index (κ1) is 22.1. The van der Waals surface area contributed by atoms with Crippen LogP contribution in [0.3, 0.4) is 0 Å². The Morgan fingerprint density at radius 2 is 1.82 bits per heavy atom. The number of nitriles is 1. The molecule has 3 heterocycles. The zero-order valence-corrected chi connectivity index (χ0v) is 19.5. The Balaban J connectivity index is 1.37. The molecule has 2 aromatic heterocycles. The van der Waals surface area contributed by atoms with Gasteiger partial charge in [0.1, 0.15) is 0 Å². The number of likely N-dealkylation sites (tertiary alicyclic amines) is 1. The highest BCUT2D eigenvalue weighted by molar-refractivity contribution is 5.94. The Hall–Kier alpha value is -3.70. The van der Waals surface area contributed by atoms with E-state index in [2.05, 4.69) is 33.0 Å². The molecule has 1 N–H and O–H groups in total. The maximum Gasteiger partial charge on any atom is 0.255 e. The molecular formula is C26H28N6O2. The zero-order valence-electron chi connectivity index (χ0n) is 19.5. The molecule has 0 atom stereocenters. The summed E-state index contributed by atoms with van der Waals surface area (Å²) in [5, 5.41) is 24.2. The van der Waals surface area contributed by atoms with Crippen molar-refractivity contribution in [1.29, 1.82) is 5.26 Å². The average molecular weight is 457 g/mol. The molecule has 8 heteroatoms. The fourth-order valence-corrected chi connectivity index (χ4v) is 4.78. The van der Waals surface area contributed by atoms with Gasteiger partial charge in [-0.05, 0) is 88.1 Å². The molecule has 0 bridgehead atoms. The third-order valence-electron chi connectivity index (χ3n) is 6.86. The van der Waals surface area contributed by atoms with Crippen molar-refractivity contribution < 1.29 is 9.90 Å². The molecule has 2 fully saturated rings. The van der Waals surface area contributed by atoms with Gasteiger partial charge in [-0.15, -0.1) is 0 Å². The minimum Gasteiger partial charge on any atom is -0.493 e. The highest BCUT2D eigenvalue weighted by atomic mass is 16.3. The molecule has 1 aliphatic carbocycles. The number of piperidine rings is 1. The van der Waals surface area contributed by atoms with Gasteiger partial charge in [-0.1, -0.05) is 6.07 Å². The summed E-state index contributed by atoms with van der Waals surface area (Å²) in [7, 11) is 2.13. The second kappa shape index (κ2) is 8.92. The van der Waals surface area contributed by atoms with Gasteiger partial charge in [-0.2, -0.15) is 15.0 Å². The summed E-state index contributed by atoms with van der Waals surface area (Å²) in [5.41, 5.74) is 3.36. The standard InChI is InChI=1S/C26H28N6O2/c1-17-13-18(14-27)3-7-22(17)23-16-29-32(26(23)34)24-8-4-19(15-28-24)25(33)31(20-5-6-20)21-9-11-30(2)12-10-21/h3-4,7-8,13,15-16,20-21,34H,5-6,9-12H2,1-2H3. The number of hydrogen-bond acceptors (Lipinski definition) is 6. The number of nitrogens with zero attached hydrogens (tertiary/aromatic N) is 6. The van der Waals surface area contributed by atoms with E-state index in [-0.39, 0.29) is 17.8 Å². The Kier molecular flexibility index (Phi) is 5.80. The summed E-state index contributed by atoms with van der Waals surface area (Å²) < 4.78 is 1.36. The van der Waals surface area contributed by atoms with Crippen LogP contribution >= 0.6 is 0 Å². The van der Waals surface area contributed by atoms with Crippen LogP contribution < -0.4 is 0 Å². The van der Waals surface area contributed by atoms with Crippen LogP contribution in [0, 0.1) is 18.3 Å². The van der Waals surface area contributed by atoms with Crippen molar-refractivity contribution in [2.75, 3.05) is 20.1 Å². The van der Waals surface area contributed by atoms with Crippen LogP contribution in [0.4, 0.5) is 0 Å². The molecule has 174 valence electrons. The largest absolute Gasteiger partial charge is 0.493 e. The molecule has 0 spiro atoms. The van der Waals surface area contributed by atoms with Gasteiger partial charge in [-0.3, -0.25) is 4.79 Å². The van der Waals surface area contributed by atoms with Crippen molar-refractivity contribution in [3.05, 3.63) is 59.4 Å². The van der Waals surface area contributed by atoms with Crippen LogP contribution in [-0.2, 0) is 0 Å². The van der Waals surface area contributed by atoms with Crippen LogP contribution in [0.25, 0.3) is 16.9 Å². The summed E-state index contributed by atoms with van der Waals surface area (Å²) in [6.07, 6.45) is 7.31. The summed E-state index contributed by atoms with van der Waals surface area (Å²) >= 11 is 0. The summed E-state index contributed by atoms with van der Waals surface area (Å²) in [5.74, 6) is 0.434. The minimum atomic E-state index is -0.0367. The third kappa shape index (κ3) is 4.15. The molecule has 1 saturated carbocycles. The smallest absolute Gasteiger partial charge is 0.255 e. The number of hydrogen-bond donors (Lipinski definition) is 1. The molecule has 0 unspecified atom stereocenters. The van der Waals surface area contributed by atoms with Crippen molar-refractivity contribution in [2.45, 2.75) is 44.7 Å². The van der Waals surface area contributed by atoms with E-state index in [9.17, 15) is 9.90 Å². The second-order valence-electron chi connectivity index (χ2n) is 9.32. The maximum absolute atomic E-state index is 13.4. The van der Waals surface area contributed by atoms with Crippen molar-refractivity contribution in [3.63, 3.8) is 0 Å². The number of aromatic nitrogens is 3. The molecule has 34 heavy (non-hydrogen) atoms. The van der Waals surface area contributed by atoms with Crippen LogP contribution in [-0.4, -0.2) is 67.8 Å². The van der Waals surface area contributed by atoms with E-state index in [1.807, 2.05) is 6.92 Å². The van der Waals surface area contributed by atoms with Gasteiger partial charge < -0.3 is 14.9 Å². The molecule has 1 amide bonds. The summed E-state index contributed by atoms with van der Waals surface area (Å²) in [4.78, 5) is 22.2. The van der Waals surface area contributed by atoms with Crippen molar-refractivity contribution in [1.82, 2.24) is 24.6 Å². The van der Waals surface area contributed by atoms with Gasteiger partial charge >= 0.3 is 0 Å². The van der Waals surface area contributed by atoms with Crippen molar-refractivity contribution >= 4 is 5.91 Å². The molecule has 8 nitrogen and oxygen atoms in total. The van der Waals surface area contributed by atoms with E-state index < -0.39 is 0 Å². The maximum atomic E-state index is 13.4. The van der Waals surface area contributed by atoms with E-state index >= 15 is 0 Å². The van der Waals surface area contributed by atoms with Gasteiger partial charge in [0.05, 0.1) is 29.0 Å². The number of benzene rings is 1. The average Bonchev–Trinajstić information content (AvgIpc) is 3.61. The van der Waals surface area contributed by atoms with Crippen LogP contribution in [0.2, 0.25) is 0 Å². The first-order valence-electron chi connectivity index (χ1n) is 11.7. The van der Waals surface area contributed by atoms with E-state index in [0.29, 0.717) is 28.6 Å².